The molecule has 0 unspecified atom stereocenters. The lowest BCUT2D eigenvalue weighted by Crippen LogP contribution is -2.12. The van der Waals surface area contributed by atoms with Crippen molar-refractivity contribution < 1.29 is 9.72 Å². The number of nitrogens with one attached hydrogen (secondary N) is 1. The third-order valence-corrected chi connectivity index (χ3v) is 3.38. The average molecular weight is 357 g/mol. The molecule has 2 aromatic rings. The van der Waals surface area contributed by atoms with Crippen molar-refractivity contribution in [2.75, 3.05) is 5.32 Å². The molecule has 8 heteroatoms. The lowest BCUT2D eigenvalue weighted by atomic mass is 10.2. The first kappa shape index (κ1) is 14.4. The molecule has 1 heterocycles. The summed E-state index contributed by atoms with van der Waals surface area (Å²) in [6.07, 6.45) is 3.05. The summed E-state index contributed by atoms with van der Waals surface area (Å²) in [6.45, 7) is 0. The van der Waals surface area contributed by atoms with Crippen molar-refractivity contribution in [3.63, 3.8) is 0 Å². The predicted molar refractivity (Wildman–Crippen MR) is 78.0 cm³/mol. The Kier molecular flexibility index (Phi) is 4.31. The van der Waals surface area contributed by atoms with Crippen LogP contribution in [0.2, 0.25) is 5.02 Å². The van der Waals surface area contributed by atoms with Gasteiger partial charge in [0.1, 0.15) is 5.02 Å². The smallest absolute Gasteiger partial charge is 0.288 e. The van der Waals surface area contributed by atoms with Gasteiger partial charge in [-0.05, 0) is 34.1 Å². The number of hydrogen-bond donors (Lipinski definition) is 1. The van der Waals surface area contributed by atoms with Gasteiger partial charge in [-0.3, -0.25) is 19.9 Å². The van der Waals surface area contributed by atoms with E-state index in [9.17, 15) is 14.9 Å². The van der Waals surface area contributed by atoms with Crippen LogP contribution in [0.3, 0.4) is 0 Å². The van der Waals surface area contributed by atoms with Crippen molar-refractivity contribution >= 4 is 44.8 Å². The molecule has 0 atom stereocenters. The number of hydrogen-bond acceptors (Lipinski definition) is 4. The maximum absolute atomic E-state index is 12.0. The van der Waals surface area contributed by atoms with Crippen LogP contribution in [-0.4, -0.2) is 15.8 Å². The average Bonchev–Trinajstić information content (AvgIpc) is 2.41. The number of benzene rings is 1. The van der Waals surface area contributed by atoms with E-state index in [1.165, 1.54) is 24.5 Å². The number of aromatic nitrogens is 1. The summed E-state index contributed by atoms with van der Waals surface area (Å²) in [5, 5.41) is 13.4. The first-order chi connectivity index (χ1) is 9.49. The largest absolute Gasteiger partial charge is 0.321 e. The maximum Gasteiger partial charge on any atom is 0.288 e. The van der Waals surface area contributed by atoms with Crippen LogP contribution >= 0.6 is 27.5 Å². The minimum atomic E-state index is -0.637. The molecule has 0 aliphatic heterocycles. The van der Waals surface area contributed by atoms with E-state index < -0.39 is 10.8 Å². The van der Waals surface area contributed by atoms with Gasteiger partial charge in [0.2, 0.25) is 0 Å². The van der Waals surface area contributed by atoms with Gasteiger partial charge in [0.15, 0.2) is 0 Å². The standard InChI is InChI=1S/C12H7BrClN3O3/c13-8-6-15-4-3-10(8)16-12(18)7-1-2-9(14)11(5-7)17(19)20/h1-6H,(H,15,16,18). The summed E-state index contributed by atoms with van der Waals surface area (Å²) >= 11 is 8.93. The molecule has 0 aliphatic carbocycles. The Hall–Kier alpha value is -1.99. The van der Waals surface area contributed by atoms with Gasteiger partial charge in [0.05, 0.1) is 15.1 Å². The normalized spacial score (nSPS) is 10.1. The van der Waals surface area contributed by atoms with E-state index in [4.69, 9.17) is 11.6 Å². The second-order valence-corrected chi connectivity index (χ2v) is 4.99. The van der Waals surface area contributed by atoms with E-state index in [1.807, 2.05) is 0 Å². The number of nitro groups is 1. The van der Waals surface area contributed by atoms with Gasteiger partial charge in [-0.25, -0.2) is 0 Å². The molecule has 0 radical (unpaired) electrons. The number of anilines is 1. The van der Waals surface area contributed by atoms with Crippen LogP contribution in [0.1, 0.15) is 10.4 Å². The molecule has 0 saturated heterocycles. The van der Waals surface area contributed by atoms with Crippen molar-refractivity contribution in [1.82, 2.24) is 4.98 Å². The predicted octanol–water partition coefficient (Wildman–Crippen LogP) is 3.66. The van der Waals surface area contributed by atoms with E-state index in [2.05, 4.69) is 26.2 Å². The molecular formula is C12H7BrClN3O3. The first-order valence-corrected chi connectivity index (χ1v) is 6.51. The van der Waals surface area contributed by atoms with Crippen molar-refractivity contribution in [2.45, 2.75) is 0 Å². The lowest BCUT2D eigenvalue weighted by molar-refractivity contribution is -0.384. The second-order valence-electron chi connectivity index (χ2n) is 3.73. The van der Waals surface area contributed by atoms with Crippen LogP contribution in [0.5, 0.6) is 0 Å². The summed E-state index contributed by atoms with van der Waals surface area (Å²) in [6, 6.07) is 5.47. The van der Waals surface area contributed by atoms with Gasteiger partial charge in [-0.15, -0.1) is 0 Å². The van der Waals surface area contributed by atoms with Gasteiger partial charge >= 0.3 is 0 Å². The molecule has 0 saturated carbocycles. The van der Waals surface area contributed by atoms with Gasteiger partial charge < -0.3 is 5.32 Å². The van der Waals surface area contributed by atoms with Crippen LogP contribution in [0.15, 0.2) is 41.1 Å². The van der Waals surface area contributed by atoms with E-state index >= 15 is 0 Å². The molecule has 1 N–H and O–H groups in total. The van der Waals surface area contributed by atoms with E-state index in [-0.39, 0.29) is 16.3 Å². The Labute approximate surface area is 127 Å². The van der Waals surface area contributed by atoms with Crippen molar-refractivity contribution in [3.8, 4) is 0 Å². The number of amides is 1. The fraction of sp³-hybridized carbons (Fsp3) is 0. The zero-order valence-electron chi connectivity index (χ0n) is 9.84. The van der Waals surface area contributed by atoms with Gasteiger partial charge in [0.25, 0.3) is 11.6 Å². The highest BCUT2D eigenvalue weighted by Gasteiger charge is 2.16. The summed E-state index contributed by atoms with van der Waals surface area (Å²) in [4.78, 5) is 26.0. The molecule has 1 aromatic carbocycles. The number of halogens is 2. The highest BCUT2D eigenvalue weighted by molar-refractivity contribution is 9.10. The Balaban J connectivity index is 2.28. The fourth-order valence-corrected chi connectivity index (χ4v) is 2.00. The maximum atomic E-state index is 12.0. The first-order valence-electron chi connectivity index (χ1n) is 5.34. The second kappa shape index (κ2) is 5.98. The minimum Gasteiger partial charge on any atom is -0.321 e. The quantitative estimate of drug-likeness (QED) is 0.672. The molecule has 20 heavy (non-hydrogen) atoms. The Morgan fingerprint density at radius 2 is 2.15 bits per heavy atom. The molecule has 0 spiro atoms. The third-order valence-electron chi connectivity index (χ3n) is 2.43. The van der Waals surface area contributed by atoms with Crippen LogP contribution in [-0.2, 0) is 0 Å². The van der Waals surface area contributed by atoms with Crippen molar-refractivity contribution in [2.24, 2.45) is 0 Å². The number of pyridine rings is 1. The summed E-state index contributed by atoms with van der Waals surface area (Å²) in [5.74, 6) is -0.475. The Morgan fingerprint density at radius 1 is 1.40 bits per heavy atom. The summed E-state index contributed by atoms with van der Waals surface area (Å²) < 4.78 is 0.608. The molecule has 0 bridgehead atoms. The molecule has 2 rings (SSSR count). The number of carbonyl (C=O) groups excluding carboxylic acids is 1. The zero-order valence-corrected chi connectivity index (χ0v) is 12.2. The number of rotatable bonds is 3. The zero-order chi connectivity index (χ0) is 14.7. The fourth-order valence-electron chi connectivity index (χ4n) is 1.46. The molecule has 0 fully saturated rings. The van der Waals surface area contributed by atoms with Crippen LogP contribution in [0, 0.1) is 10.1 Å². The van der Waals surface area contributed by atoms with Gasteiger partial charge in [-0.2, -0.15) is 0 Å². The van der Waals surface area contributed by atoms with E-state index in [1.54, 1.807) is 6.07 Å². The highest BCUT2D eigenvalue weighted by atomic mass is 79.9. The third kappa shape index (κ3) is 3.12. The van der Waals surface area contributed by atoms with Crippen LogP contribution < -0.4 is 5.32 Å². The SMILES string of the molecule is O=C(Nc1ccncc1Br)c1ccc(Cl)c([N+](=O)[O-])c1. The van der Waals surface area contributed by atoms with Crippen LogP contribution in [0.4, 0.5) is 11.4 Å². The Bertz CT molecular complexity index is 693. The minimum absolute atomic E-state index is 0.0170. The van der Waals surface area contributed by atoms with Crippen LogP contribution in [0.25, 0.3) is 0 Å². The van der Waals surface area contributed by atoms with Crippen molar-refractivity contribution in [3.05, 3.63) is 61.8 Å². The summed E-state index contributed by atoms with van der Waals surface area (Å²) in [7, 11) is 0. The monoisotopic (exact) mass is 355 g/mol. The molecule has 102 valence electrons. The van der Waals surface area contributed by atoms with Gasteiger partial charge in [0, 0.05) is 24.0 Å². The Morgan fingerprint density at radius 3 is 2.80 bits per heavy atom. The lowest BCUT2D eigenvalue weighted by Gasteiger charge is -2.07. The van der Waals surface area contributed by atoms with Crippen molar-refractivity contribution in [1.29, 1.82) is 0 Å². The topological polar surface area (TPSA) is 85.1 Å². The van der Waals surface area contributed by atoms with Gasteiger partial charge in [-0.1, -0.05) is 11.6 Å². The molecule has 1 aromatic heterocycles. The number of carbonyl (C=O) groups is 1. The molecular weight excluding hydrogens is 350 g/mol. The number of nitro benzene ring substituents is 1. The van der Waals surface area contributed by atoms with E-state index in [0.717, 1.165) is 6.07 Å². The summed E-state index contributed by atoms with van der Waals surface area (Å²) in [5.41, 5.74) is 0.348. The molecule has 0 aliphatic rings. The molecule has 6 nitrogen and oxygen atoms in total. The number of nitrogens with zero attached hydrogens (tertiary/aromatic N) is 2. The van der Waals surface area contributed by atoms with E-state index in [0.29, 0.717) is 10.2 Å². The highest BCUT2D eigenvalue weighted by Crippen LogP contribution is 2.26. The molecule has 1 amide bonds.